The van der Waals surface area contributed by atoms with Gasteiger partial charge in [0.2, 0.25) is 0 Å². The number of carbonyl (C=O) groups excluding carboxylic acids is 1. The fraction of sp³-hybridized carbons (Fsp3) is 0.200. The van der Waals surface area contributed by atoms with E-state index in [-0.39, 0.29) is 4.90 Å². The maximum absolute atomic E-state index is 11.6. The molecule has 1 aromatic rings. The van der Waals surface area contributed by atoms with Crippen LogP contribution in [0.4, 0.5) is 5.69 Å². The third-order valence-electron chi connectivity index (χ3n) is 1.86. The lowest BCUT2D eigenvalue weighted by Gasteiger charge is -2.02. The molecule has 0 N–H and O–H groups in total. The summed E-state index contributed by atoms with van der Waals surface area (Å²) in [4.78, 5) is 14.0. The van der Waals surface area contributed by atoms with E-state index in [9.17, 15) is 13.2 Å². The monoisotopic (exact) mass is 239 g/mol. The van der Waals surface area contributed by atoms with E-state index >= 15 is 0 Å². The molecule has 1 rings (SSSR count). The summed E-state index contributed by atoms with van der Waals surface area (Å²) in [5.74, 6) is -1.50. The molecule has 16 heavy (non-hydrogen) atoms. The molecule has 0 amide bonds. The van der Waals surface area contributed by atoms with E-state index in [0.29, 0.717) is 5.69 Å². The molecule has 0 aromatic heterocycles. The molecule has 0 saturated carbocycles. The highest BCUT2D eigenvalue weighted by molar-refractivity contribution is 7.92. The molecule has 6 heteroatoms. The van der Waals surface area contributed by atoms with Crippen molar-refractivity contribution < 1.29 is 17.9 Å². The first-order valence-corrected chi connectivity index (χ1v) is 5.92. The zero-order valence-corrected chi connectivity index (χ0v) is 9.32. The van der Waals surface area contributed by atoms with Gasteiger partial charge < -0.3 is 4.74 Å². The fourth-order valence-electron chi connectivity index (χ4n) is 1.03. The van der Waals surface area contributed by atoms with E-state index in [0.717, 1.165) is 7.11 Å². The number of nitrogens with zero attached hydrogens (tertiary/aromatic N) is 1. The third kappa shape index (κ3) is 2.81. The Hall–Kier alpha value is -1.87. The highest BCUT2D eigenvalue weighted by atomic mass is 32.2. The summed E-state index contributed by atoms with van der Waals surface area (Å²) in [6.07, 6.45) is 0. The van der Waals surface area contributed by atoms with Gasteiger partial charge in [-0.1, -0.05) is 24.3 Å². The second kappa shape index (κ2) is 4.77. The number of sulfone groups is 1. The molecule has 5 nitrogen and oxygen atoms in total. The van der Waals surface area contributed by atoms with E-state index in [1.54, 1.807) is 0 Å². The number of ether oxygens (including phenoxy) is 1. The predicted molar refractivity (Wildman–Crippen MR) is 56.8 cm³/mol. The summed E-state index contributed by atoms with van der Waals surface area (Å²) < 4.78 is 27.5. The molecule has 0 fully saturated rings. The van der Waals surface area contributed by atoms with Crippen molar-refractivity contribution in [2.24, 2.45) is 0 Å². The lowest BCUT2D eigenvalue weighted by molar-refractivity contribution is -0.137. The lowest BCUT2D eigenvalue weighted by Crippen LogP contribution is -2.17. The van der Waals surface area contributed by atoms with Crippen LogP contribution in [0.1, 0.15) is 0 Å². The maximum Gasteiger partial charge on any atom is 0.321 e. The summed E-state index contributed by atoms with van der Waals surface area (Å²) >= 11 is 0. The smallest absolute Gasteiger partial charge is 0.321 e. The first-order valence-electron chi connectivity index (χ1n) is 4.26. The number of carbonyl (C=O) groups is 1. The summed E-state index contributed by atoms with van der Waals surface area (Å²) in [7, 11) is -2.55. The van der Waals surface area contributed by atoms with Crippen LogP contribution >= 0.6 is 0 Å². The Morgan fingerprint density at radius 3 is 2.38 bits per heavy atom. The molecule has 0 aliphatic rings. The summed E-state index contributed by atoms with van der Waals surface area (Å²) in [6.45, 7) is 6.71. The van der Waals surface area contributed by atoms with E-state index in [4.69, 9.17) is 6.57 Å². The number of methoxy groups -OCH3 is 1. The van der Waals surface area contributed by atoms with Crippen LogP contribution in [0.2, 0.25) is 0 Å². The van der Waals surface area contributed by atoms with Crippen molar-refractivity contribution in [1.29, 1.82) is 0 Å². The standard InChI is InChI=1S/C10H9NO4S/c1-11-8-3-5-9(6-4-8)16(13,14)7-10(12)15-2/h3-6H,7H2,2H3. The Bertz CT molecular complexity index is 525. The molecule has 0 aliphatic carbocycles. The van der Waals surface area contributed by atoms with Gasteiger partial charge in [-0.25, -0.2) is 13.3 Å². The largest absolute Gasteiger partial charge is 0.468 e. The van der Waals surface area contributed by atoms with Crippen LogP contribution in [-0.4, -0.2) is 27.2 Å². The van der Waals surface area contributed by atoms with E-state index in [1.165, 1.54) is 24.3 Å². The molecule has 0 aliphatic heterocycles. The molecule has 84 valence electrons. The molecule has 0 heterocycles. The number of hydrogen-bond donors (Lipinski definition) is 0. The van der Waals surface area contributed by atoms with Crippen LogP contribution in [0.15, 0.2) is 29.2 Å². The van der Waals surface area contributed by atoms with E-state index < -0.39 is 21.6 Å². The molecule has 0 spiro atoms. The van der Waals surface area contributed by atoms with Crippen LogP contribution in [0, 0.1) is 6.57 Å². The Morgan fingerprint density at radius 1 is 1.38 bits per heavy atom. The summed E-state index contributed by atoms with van der Waals surface area (Å²) in [5.41, 5.74) is 0.344. The van der Waals surface area contributed by atoms with Crippen molar-refractivity contribution in [3.8, 4) is 0 Å². The minimum Gasteiger partial charge on any atom is -0.468 e. The van der Waals surface area contributed by atoms with Crippen molar-refractivity contribution in [3.63, 3.8) is 0 Å². The first-order chi connectivity index (χ1) is 7.49. The van der Waals surface area contributed by atoms with Gasteiger partial charge in [0.1, 0.15) is 0 Å². The van der Waals surface area contributed by atoms with Gasteiger partial charge in [0.25, 0.3) is 0 Å². The van der Waals surface area contributed by atoms with Crippen molar-refractivity contribution in [3.05, 3.63) is 35.7 Å². The number of hydrogen-bond acceptors (Lipinski definition) is 4. The molecular weight excluding hydrogens is 230 g/mol. The fourth-order valence-corrected chi connectivity index (χ4v) is 2.17. The van der Waals surface area contributed by atoms with Crippen LogP contribution in [0.5, 0.6) is 0 Å². The second-order valence-corrected chi connectivity index (χ2v) is 4.93. The average Bonchev–Trinajstić information content (AvgIpc) is 2.28. The van der Waals surface area contributed by atoms with Crippen molar-refractivity contribution in [1.82, 2.24) is 0 Å². The minimum absolute atomic E-state index is 0.00491. The van der Waals surface area contributed by atoms with Gasteiger partial charge in [-0.2, -0.15) is 0 Å². The number of rotatable bonds is 3. The zero-order chi connectivity index (χ0) is 12.2. The summed E-state index contributed by atoms with van der Waals surface area (Å²) in [5, 5.41) is 0. The summed E-state index contributed by atoms with van der Waals surface area (Å²) in [6, 6.07) is 5.37. The molecular formula is C10H9NO4S. The quantitative estimate of drug-likeness (QED) is 0.587. The number of benzene rings is 1. The Morgan fingerprint density at radius 2 is 1.94 bits per heavy atom. The van der Waals surface area contributed by atoms with Crippen molar-refractivity contribution in [2.45, 2.75) is 4.90 Å². The van der Waals surface area contributed by atoms with Gasteiger partial charge >= 0.3 is 5.97 Å². The normalized spacial score (nSPS) is 10.5. The predicted octanol–water partition coefficient (Wildman–Crippen LogP) is 1.18. The average molecular weight is 239 g/mol. The maximum atomic E-state index is 11.6. The molecule has 0 bridgehead atoms. The topological polar surface area (TPSA) is 64.8 Å². The molecule has 0 saturated heterocycles. The second-order valence-electron chi connectivity index (χ2n) is 2.94. The molecule has 0 radical (unpaired) electrons. The lowest BCUT2D eigenvalue weighted by atomic mass is 10.3. The first kappa shape index (κ1) is 12.2. The highest BCUT2D eigenvalue weighted by Crippen LogP contribution is 2.17. The van der Waals surface area contributed by atoms with Gasteiger partial charge in [-0.05, 0) is 0 Å². The van der Waals surface area contributed by atoms with Gasteiger partial charge in [0.15, 0.2) is 21.3 Å². The molecule has 0 atom stereocenters. The van der Waals surface area contributed by atoms with Crippen LogP contribution < -0.4 is 0 Å². The van der Waals surface area contributed by atoms with Crippen LogP contribution in [-0.2, 0) is 19.4 Å². The Kier molecular flexibility index (Phi) is 3.64. The number of esters is 1. The van der Waals surface area contributed by atoms with E-state index in [1.807, 2.05) is 0 Å². The third-order valence-corrected chi connectivity index (χ3v) is 3.47. The zero-order valence-electron chi connectivity index (χ0n) is 8.50. The highest BCUT2D eigenvalue weighted by Gasteiger charge is 2.19. The SMILES string of the molecule is [C-]#[N+]c1ccc(S(=O)(=O)CC(=O)OC)cc1. The van der Waals surface area contributed by atoms with Gasteiger partial charge in [-0.15, -0.1) is 0 Å². The van der Waals surface area contributed by atoms with E-state index in [2.05, 4.69) is 9.58 Å². The van der Waals surface area contributed by atoms with Gasteiger partial charge in [0.05, 0.1) is 18.6 Å². The molecule has 0 unspecified atom stereocenters. The Labute approximate surface area is 93.4 Å². The Balaban J connectivity index is 3.00. The van der Waals surface area contributed by atoms with Gasteiger partial charge in [-0.3, -0.25) is 4.79 Å². The minimum atomic E-state index is -3.67. The van der Waals surface area contributed by atoms with Crippen LogP contribution in [0.25, 0.3) is 4.85 Å². The van der Waals surface area contributed by atoms with Gasteiger partial charge in [0, 0.05) is 0 Å². The van der Waals surface area contributed by atoms with Crippen LogP contribution in [0.3, 0.4) is 0 Å². The van der Waals surface area contributed by atoms with Crippen molar-refractivity contribution >= 4 is 21.5 Å². The van der Waals surface area contributed by atoms with Crippen molar-refractivity contribution in [2.75, 3.05) is 12.9 Å². The molecule has 1 aromatic carbocycles.